The number of rotatable bonds is 4. The number of benzene rings is 3. The molecule has 0 aliphatic carbocycles. The topological polar surface area (TPSA) is 70.5 Å². The summed E-state index contributed by atoms with van der Waals surface area (Å²) in [4.78, 5) is 34.3. The second kappa shape index (κ2) is 9.35. The number of nitrogens with one attached hydrogen (secondary N) is 1. The number of nitrogens with zero attached hydrogens (tertiary/aromatic N) is 4. The Hall–Kier alpha value is -4.20. The SMILES string of the molecule is O=C(Nc1ccccc1F)N1CCN(c2nc3ccccc3n(Cc3ccccc3)c2=O)CC1. The largest absolute Gasteiger partial charge is 0.348 e. The summed E-state index contributed by atoms with van der Waals surface area (Å²) in [5.41, 5.74) is 2.54. The molecule has 1 aliphatic rings. The molecule has 0 unspecified atom stereocenters. The molecule has 2 heterocycles. The maximum Gasteiger partial charge on any atom is 0.322 e. The zero-order chi connectivity index (χ0) is 23.5. The highest BCUT2D eigenvalue weighted by atomic mass is 19.1. The fourth-order valence-corrected chi connectivity index (χ4v) is 4.19. The Morgan fingerprint density at radius 2 is 1.56 bits per heavy atom. The molecule has 4 aromatic rings. The summed E-state index contributed by atoms with van der Waals surface area (Å²) in [5, 5.41) is 2.62. The predicted octanol–water partition coefficient (Wildman–Crippen LogP) is 3.94. The van der Waals surface area contributed by atoms with Gasteiger partial charge in [-0.2, -0.15) is 0 Å². The molecule has 0 bridgehead atoms. The van der Waals surface area contributed by atoms with Crippen LogP contribution in [0.15, 0.2) is 83.7 Å². The normalized spacial score (nSPS) is 13.8. The third-order valence-corrected chi connectivity index (χ3v) is 6.00. The van der Waals surface area contributed by atoms with Crippen molar-refractivity contribution in [3.05, 3.63) is 101 Å². The molecule has 1 fully saturated rings. The van der Waals surface area contributed by atoms with Crippen molar-refractivity contribution in [1.29, 1.82) is 0 Å². The number of para-hydroxylation sites is 3. The summed E-state index contributed by atoms with van der Waals surface area (Å²) < 4.78 is 15.6. The molecular weight excluding hydrogens is 433 g/mol. The van der Waals surface area contributed by atoms with Crippen molar-refractivity contribution in [2.45, 2.75) is 6.54 Å². The first kappa shape index (κ1) is 21.6. The number of aromatic nitrogens is 2. The van der Waals surface area contributed by atoms with Crippen LogP contribution in [0.25, 0.3) is 11.0 Å². The Bertz CT molecular complexity index is 1380. The monoisotopic (exact) mass is 457 g/mol. The van der Waals surface area contributed by atoms with Gasteiger partial charge in [0, 0.05) is 26.2 Å². The average Bonchev–Trinajstić information content (AvgIpc) is 2.87. The fourth-order valence-electron chi connectivity index (χ4n) is 4.19. The van der Waals surface area contributed by atoms with Gasteiger partial charge in [0.2, 0.25) is 0 Å². The van der Waals surface area contributed by atoms with Crippen LogP contribution in [-0.4, -0.2) is 46.7 Å². The first-order valence-corrected chi connectivity index (χ1v) is 11.2. The van der Waals surface area contributed by atoms with Crippen LogP contribution in [-0.2, 0) is 6.54 Å². The van der Waals surface area contributed by atoms with Gasteiger partial charge in [-0.05, 0) is 29.8 Å². The maximum absolute atomic E-state index is 13.9. The van der Waals surface area contributed by atoms with Crippen LogP contribution in [0.3, 0.4) is 0 Å². The fraction of sp³-hybridized carbons (Fsp3) is 0.192. The van der Waals surface area contributed by atoms with Gasteiger partial charge in [-0.1, -0.05) is 54.6 Å². The van der Waals surface area contributed by atoms with E-state index in [-0.39, 0.29) is 17.3 Å². The molecule has 0 saturated carbocycles. The molecule has 5 rings (SSSR count). The Balaban J connectivity index is 1.37. The molecular formula is C26H24FN5O2. The van der Waals surface area contributed by atoms with Gasteiger partial charge in [0.25, 0.3) is 5.56 Å². The Labute approximate surface area is 196 Å². The molecule has 34 heavy (non-hydrogen) atoms. The van der Waals surface area contributed by atoms with E-state index in [9.17, 15) is 14.0 Å². The van der Waals surface area contributed by atoms with E-state index in [0.29, 0.717) is 38.5 Å². The average molecular weight is 458 g/mol. The van der Waals surface area contributed by atoms with E-state index in [1.54, 1.807) is 21.6 Å². The van der Waals surface area contributed by atoms with Gasteiger partial charge in [-0.15, -0.1) is 0 Å². The standard InChI is InChI=1S/C26H24FN5O2/c27-20-10-4-5-11-21(20)29-26(34)31-16-14-30(15-17-31)24-25(33)32(18-19-8-2-1-3-9-19)23-13-7-6-12-22(23)28-24/h1-13H,14-18H2,(H,29,34). The van der Waals surface area contributed by atoms with E-state index in [0.717, 1.165) is 16.6 Å². The summed E-state index contributed by atoms with van der Waals surface area (Å²) in [6, 6.07) is 23.2. The van der Waals surface area contributed by atoms with Crippen LogP contribution < -0.4 is 15.8 Å². The Kier molecular flexibility index (Phi) is 5.95. The lowest BCUT2D eigenvalue weighted by atomic mass is 10.2. The number of anilines is 2. The van der Waals surface area contributed by atoms with Crippen LogP contribution in [0, 0.1) is 5.82 Å². The minimum absolute atomic E-state index is 0.148. The quantitative estimate of drug-likeness (QED) is 0.504. The third-order valence-electron chi connectivity index (χ3n) is 6.00. The van der Waals surface area contributed by atoms with Crippen LogP contribution in [0.4, 0.5) is 20.7 Å². The van der Waals surface area contributed by atoms with Crippen molar-refractivity contribution in [1.82, 2.24) is 14.5 Å². The first-order valence-electron chi connectivity index (χ1n) is 11.2. The zero-order valence-electron chi connectivity index (χ0n) is 18.5. The second-order valence-electron chi connectivity index (χ2n) is 8.19. The number of fused-ring (bicyclic) bond motifs is 1. The van der Waals surface area contributed by atoms with Crippen LogP contribution in [0.2, 0.25) is 0 Å². The number of amides is 2. The first-order chi connectivity index (χ1) is 16.6. The van der Waals surface area contributed by atoms with Crippen molar-refractivity contribution in [2.75, 3.05) is 36.4 Å². The van der Waals surface area contributed by atoms with Gasteiger partial charge >= 0.3 is 6.03 Å². The van der Waals surface area contributed by atoms with Crippen molar-refractivity contribution in [3.8, 4) is 0 Å². The lowest BCUT2D eigenvalue weighted by Gasteiger charge is -2.35. The molecule has 2 amide bonds. The van der Waals surface area contributed by atoms with E-state index in [2.05, 4.69) is 10.3 Å². The lowest BCUT2D eigenvalue weighted by Crippen LogP contribution is -2.51. The molecule has 1 aromatic heterocycles. The van der Waals surface area contributed by atoms with Crippen LogP contribution >= 0.6 is 0 Å². The van der Waals surface area contributed by atoms with E-state index in [1.165, 1.54) is 12.1 Å². The minimum atomic E-state index is -0.478. The van der Waals surface area contributed by atoms with Crippen molar-refractivity contribution in [2.24, 2.45) is 0 Å². The van der Waals surface area contributed by atoms with E-state index < -0.39 is 5.82 Å². The number of carbonyl (C=O) groups excluding carboxylic acids is 1. The van der Waals surface area contributed by atoms with Crippen LogP contribution in [0.1, 0.15) is 5.56 Å². The molecule has 0 spiro atoms. The molecule has 3 aromatic carbocycles. The van der Waals surface area contributed by atoms with Gasteiger partial charge in [0.15, 0.2) is 5.82 Å². The highest BCUT2D eigenvalue weighted by molar-refractivity contribution is 5.89. The van der Waals surface area contributed by atoms with Gasteiger partial charge in [0.1, 0.15) is 5.82 Å². The van der Waals surface area contributed by atoms with Crippen molar-refractivity contribution < 1.29 is 9.18 Å². The highest BCUT2D eigenvalue weighted by Gasteiger charge is 2.25. The number of urea groups is 1. The van der Waals surface area contributed by atoms with Gasteiger partial charge in [-0.3, -0.25) is 9.36 Å². The summed E-state index contributed by atoms with van der Waals surface area (Å²) in [6.45, 7) is 2.15. The number of hydrogen-bond acceptors (Lipinski definition) is 4. The number of halogens is 1. The Morgan fingerprint density at radius 3 is 2.32 bits per heavy atom. The molecule has 7 nitrogen and oxygen atoms in total. The summed E-state index contributed by atoms with van der Waals surface area (Å²) in [6.07, 6.45) is 0. The molecule has 8 heteroatoms. The molecule has 1 aliphatic heterocycles. The zero-order valence-corrected chi connectivity index (χ0v) is 18.5. The number of carbonyl (C=O) groups is 1. The predicted molar refractivity (Wildman–Crippen MR) is 131 cm³/mol. The van der Waals surface area contributed by atoms with Crippen molar-refractivity contribution in [3.63, 3.8) is 0 Å². The maximum atomic E-state index is 13.9. The molecule has 1 N–H and O–H groups in total. The van der Waals surface area contributed by atoms with Gasteiger partial charge in [0.05, 0.1) is 23.3 Å². The number of piperazine rings is 1. The van der Waals surface area contributed by atoms with E-state index in [4.69, 9.17) is 0 Å². The molecule has 1 saturated heterocycles. The Morgan fingerprint density at radius 1 is 0.882 bits per heavy atom. The molecule has 172 valence electrons. The van der Waals surface area contributed by atoms with Gasteiger partial charge < -0.3 is 15.1 Å². The minimum Gasteiger partial charge on any atom is -0.348 e. The lowest BCUT2D eigenvalue weighted by molar-refractivity contribution is 0.208. The summed E-state index contributed by atoms with van der Waals surface area (Å²) >= 11 is 0. The van der Waals surface area contributed by atoms with Crippen LogP contribution in [0.5, 0.6) is 0 Å². The van der Waals surface area contributed by atoms with Gasteiger partial charge in [-0.25, -0.2) is 14.2 Å². The summed E-state index contributed by atoms with van der Waals surface area (Å²) in [5.74, 6) is -0.0994. The number of hydrogen-bond donors (Lipinski definition) is 1. The van der Waals surface area contributed by atoms with E-state index >= 15 is 0 Å². The third kappa shape index (κ3) is 4.34. The van der Waals surface area contributed by atoms with E-state index in [1.807, 2.05) is 59.5 Å². The van der Waals surface area contributed by atoms with Crippen molar-refractivity contribution >= 4 is 28.6 Å². The second-order valence-corrected chi connectivity index (χ2v) is 8.19. The summed E-state index contributed by atoms with van der Waals surface area (Å²) in [7, 11) is 0. The smallest absolute Gasteiger partial charge is 0.322 e. The highest BCUT2D eigenvalue weighted by Crippen LogP contribution is 2.18. The molecule has 0 radical (unpaired) electrons. The molecule has 0 atom stereocenters.